The van der Waals surface area contributed by atoms with Gasteiger partial charge in [0.15, 0.2) is 0 Å². The van der Waals surface area contributed by atoms with Gasteiger partial charge in [-0.05, 0) is 38.5 Å². The maximum Gasteiger partial charge on any atom is 0.315 e. The smallest absolute Gasteiger partial charge is 0.315 e. The SMILES string of the molecule is NC(=O)N(C1CCCCC1)C1CCCCC1.NC1CCCCC1. The standard InChI is InChI=1S/C13H24N2O.C6H13N/c14-13(16)15(11-7-3-1-4-8-11)12-9-5-2-6-10-12;7-6-4-2-1-3-5-6/h11-12H,1-10H2,(H2,14,16);6H,1-5,7H2. The van der Waals surface area contributed by atoms with Crippen molar-refractivity contribution in [3.05, 3.63) is 0 Å². The van der Waals surface area contributed by atoms with Crippen molar-refractivity contribution < 1.29 is 4.79 Å². The van der Waals surface area contributed by atoms with E-state index in [9.17, 15) is 4.79 Å². The lowest BCUT2D eigenvalue weighted by Crippen LogP contribution is -2.51. The molecule has 0 heterocycles. The predicted molar refractivity (Wildman–Crippen MR) is 96.2 cm³/mol. The van der Waals surface area contributed by atoms with Gasteiger partial charge in [0.1, 0.15) is 0 Å². The lowest BCUT2D eigenvalue weighted by atomic mass is 9.89. The summed E-state index contributed by atoms with van der Waals surface area (Å²) in [5.74, 6) is 0. The number of carbonyl (C=O) groups is 1. The Hall–Kier alpha value is -0.770. The summed E-state index contributed by atoms with van der Waals surface area (Å²) in [6.45, 7) is 0. The minimum atomic E-state index is -0.182. The molecular formula is C19H37N3O. The zero-order valence-electron chi connectivity index (χ0n) is 14.8. The van der Waals surface area contributed by atoms with Gasteiger partial charge in [-0.2, -0.15) is 0 Å². The van der Waals surface area contributed by atoms with E-state index in [0.717, 1.165) is 0 Å². The highest BCUT2D eigenvalue weighted by molar-refractivity contribution is 5.72. The van der Waals surface area contributed by atoms with E-state index in [4.69, 9.17) is 11.5 Å². The molecule has 0 saturated heterocycles. The average molecular weight is 324 g/mol. The molecule has 0 radical (unpaired) electrons. The first-order valence-electron chi connectivity index (χ1n) is 10.0. The first kappa shape index (κ1) is 18.6. The quantitative estimate of drug-likeness (QED) is 0.794. The zero-order chi connectivity index (χ0) is 16.5. The second kappa shape index (κ2) is 10.2. The second-order valence-electron chi connectivity index (χ2n) is 7.73. The molecule has 0 aliphatic heterocycles. The van der Waals surface area contributed by atoms with Gasteiger partial charge in [0.2, 0.25) is 0 Å². The molecule has 0 aromatic carbocycles. The van der Waals surface area contributed by atoms with Gasteiger partial charge in [-0.25, -0.2) is 4.79 Å². The van der Waals surface area contributed by atoms with Crippen LogP contribution in [0.25, 0.3) is 0 Å². The van der Waals surface area contributed by atoms with Crippen LogP contribution >= 0.6 is 0 Å². The summed E-state index contributed by atoms with van der Waals surface area (Å²) in [6, 6.07) is 1.23. The Morgan fingerprint density at radius 3 is 1.26 bits per heavy atom. The van der Waals surface area contributed by atoms with E-state index in [1.54, 1.807) is 0 Å². The summed E-state index contributed by atoms with van der Waals surface area (Å²) >= 11 is 0. The van der Waals surface area contributed by atoms with Crippen molar-refractivity contribution >= 4 is 6.03 Å². The average Bonchev–Trinajstić information content (AvgIpc) is 2.58. The van der Waals surface area contributed by atoms with Gasteiger partial charge in [-0.15, -0.1) is 0 Å². The largest absolute Gasteiger partial charge is 0.351 e. The fraction of sp³-hybridized carbons (Fsp3) is 0.947. The highest BCUT2D eigenvalue weighted by Gasteiger charge is 2.30. The van der Waals surface area contributed by atoms with Gasteiger partial charge in [0.25, 0.3) is 0 Å². The van der Waals surface area contributed by atoms with Crippen molar-refractivity contribution in [1.82, 2.24) is 4.90 Å². The lowest BCUT2D eigenvalue weighted by molar-refractivity contribution is 0.111. The molecule has 0 bridgehead atoms. The third-order valence-electron chi connectivity index (χ3n) is 5.84. The molecule has 0 aromatic rings. The van der Waals surface area contributed by atoms with Crippen molar-refractivity contribution in [3.63, 3.8) is 0 Å². The predicted octanol–water partition coefficient (Wildman–Crippen LogP) is 4.31. The minimum absolute atomic E-state index is 0.182. The van der Waals surface area contributed by atoms with E-state index in [0.29, 0.717) is 18.1 Å². The highest BCUT2D eigenvalue weighted by Crippen LogP contribution is 2.29. The maximum absolute atomic E-state index is 11.6. The van der Waals surface area contributed by atoms with Crippen LogP contribution in [0, 0.1) is 0 Å². The first-order valence-corrected chi connectivity index (χ1v) is 10.0. The van der Waals surface area contributed by atoms with E-state index < -0.39 is 0 Å². The summed E-state index contributed by atoms with van der Waals surface area (Å²) in [5.41, 5.74) is 11.2. The van der Waals surface area contributed by atoms with Crippen molar-refractivity contribution in [3.8, 4) is 0 Å². The van der Waals surface area contributed by atoms with Crippen LogP contribution in [0.3, 0.4) is 0 Å². The minimum Gasteiger partial charge on any atom is -0.351 e. The molecule has 23 heavy (non-hydrogen) atoms. The molecule has 3 fully saturated rings. The Morgan fingerprint density at radius 1 is 0.652 bits per heavy atom. The van der Waals surface area contributed by atoms with Crippen LogP contribution in [0.1, 0.15) is 96.3 Å². The fourth-order valence-corrected chi connectivity index (χ4v) is 4.51. The highest BCUT2D eigenvalue weighted by atomic mass is 16.2. The Morgan fingerprint density at radius 2 is 1.00 bits per heavy atom. The van der Waals surface area contributed by atoms with Gasteiger partial charge in [-0.1, -0.05) is 57.8 Å². The number of hydrogen-bond donors (Lipinski definition) is 2. The molecule has 0 unspecified atom stereocenters. The maximum atomic E-state index is 11.6. The molecule has 4 N–H and O–H groups in total. The number of hydrogen-bond acceptors (Lipinski definition) is 2. The van der Waals surface area contributed by atoms with Crippen molar-refractivity contribution in [2.24, 2.45) is 11.5 Å². The number of rotatable bonds is 2. The number of nitrogens with two attached hydrogens (primary N) is 2. The number of nitrogens with zero attached hydrogens (tertiary/aromatic N) is 1. The summed E-state index contributed by atoms with van der Waals surface area (Å²) < 4.78 is 0. The molecule has 3 aliphatic carbocycles. The van der Waals surface area contributed by atoms with Crippen molar-refractivity contribution in [1.29, 1.82) is 0 Å². The molecule has 4 nitrogen and oxygen atoms in total. The Labute approximate surface area is 142 Å². The van der Waals surface area contributed by atoms with Gasteiger partial charge >= 0.3 is 6.03 Å². The zero-order valence-corrected chi connectivity index (χ0v) is 14.8. The molecule has 2 amide bonds. The van der Waals surface area contributed by atoms with E-state index in [2.05, 4.69) is 0 Å². The Kier molecular flexibility index (Phi) is 8.21. The van der Waals surface area contributed by atoms with Crippen LogP contribution < -0.4 is 11.5 Å². The monoisotopic (exact) mass is 323 g/mol. The normalized spacial score (nSPS) is 24.6. The summed E-state index contributed by atoms with van der Waals surface area (Å²) in [5, 5.41) is 0. The molecule has 134 valence electrons. The van der Waals surface area contributed by atoms with Crippen LogP contribution in [-0.2, 0) is 0 Å². The van der Waals surface area contributed by atoms with Gasteiger partial charge in [0, 0.05) is 18.1 Å². The van der Waals surface area contributed by atoms with Gasteiger partial charge in [0.05, 0.1) is 0 Å². The summed E-state index contributed by atoms with van der Waals surface area (Å²) in [6.07, 6.45) is 19.0. The third-order valence-corrected chi connectivity index (χ3v) is 5.84. The molecule has 4 heteroatoms. The first-order chi connectivity index (χ1) is 11.2. The van der Waals surface area contributed by atoms with E-state index in [1.807, 2.05) is 4.90 Å². The molecule has 3 aliphatic rings. The van der Waals surface area contributed by atoms with E-state index >= 15 is 0 Å². The molecule has 0 atom stereocenters. The summed E-state index contributed by atoms with van der Waals surface area (Å²) in [4.78, 5) is 13.7. The summed E-state index contributed by atoms with van der Waals surface area (Å²) in [7, 11) is 0. The molecule has 3 rings (SSSR count). The number of carbonyl (C=O) groups excluding carboxylic acids is 1. The Bertz CT molecular complexity index is 312. The van der Waals surface area contributed by atoms with Crippen LogP contribution in [0.15, 0.2) is 0 Å². The number of amides is 2. The van der Waals surface area contributed by atoms with Crippen LogP contribution in [0.4, 0.5) is 4.79 Å². The second-order valence-corrected chi connectivity index (χ2v) is 7.73. The number of primary amides is 1. The van der Waals surface area contributed by atoms with Crippen LogP contribution in [0.5, 0.6) is 0 Å². The molecular weight excluding hydrogens is 286 g/mol. The third kappa shape index (κ3) is 6.33. The molecule has 0 spiro atoms. The van der Waals surface area contributed by atoms with Crippen LogP contribution in [-0.4, -0.2) is 29.1 Å². The number of urea groups is 1. The van der Waals surface area contributed by atoms with Crippen LogP contribution in [0.2, 0.25) is 0 Å². The molecule has 3 saturated carbocycles. The van der Waals surface area contributed by atoms with Gasteiger partial charge < -0.3 is 16.4 Å². The van der Waals surface area contributed by atoms with E-state index in [-0.39, 0.29) is 6.03 Å². The topological polar surface area (TPSA) is 72.4 Å². The Balaban J connectivity index is 0.000000229. The lowest BCUT2D eigenvalue weighted by Gasteiger charge is -2.40. The fourth-order valence-electron chi connectivity index (χ4n) is 4.51. The van der Waals surface area contributed by atoms with Gasteiger partial charge in [-0.3, -0.25) is 0 Å². The molecule has 0 aromatic heterocycles. The van der Waals surface area contributed by atoms with Crippen molar-refractivity contribution in [2.75, 3.05) is 0 Å². The van der Waals surface area contributed by atoms with E-state index in [1.165, 1.54) is 96.3 Å². The van der Waals surface area contributed by atoms with Crippen molar-refractivity contribution in [2.45, 2.75) is 114 Å².